The van der Waals surface area contributed by atoms with E-state index in [2.05, 4.69) is 152 Å². The first-order valence-corrected chi connectivity index (χ1v) is 35.7. The predicted octanol–water partition coefficient (Wildman–Crippen LogP) is 17.5. The van der Waals surface area contributed by atoms with Crippen LogP contribution in [0, 0.1) is 7.43 Å². The second kappa shape index (κ2) is 29.7. The van der Waals surface area contributed by atoms with Crippen LogP contribution in [0.15, 0.2) is 110 Å². The summed E-state index contributed by atoms with van der Waals surface area (Å²) < 4.78 is 3.23. The van der Waals surface area contributed by atoms with Crippen LogP contribution in [-0.2, 0) is 22.4 Å². The van der Waals surface area contributed by atoms with Gasteiger partial charge in [0.1, 0.15) is 0 Å². The van der Waals surface area contributed by atoms with Gasteiger partial charge in [0, 0.05) is 50.6 Å². The van der Waals surface area contributed by atoms with Crippen molar-refractivity contribution in [1.82, 2.24) is 0 Å². The van der Waals surface area contributed by atoms with Gasteiger partial charge < -0.3 is 7.43 Å². The minimum absolute atomic E-state index is 0. The van der Waals surface area contributed by atoms with Crippen molar-refractivity contribution < 1.29 is 22.4 Å². The number of benzene rings is 8. The third kappa shape index (κ3) is 14.8. The van der Waals surface area contributed by atoms with Crippen molar-refractivity contribution in [2.45, 2.75) is 62.8 Å². The van der Waals surface area contributed by atoms with E-state index < -0.39 is 34.7 Å². The van der Waals surface area contributed by atoms with Crippen LogP contribution >= 0.6 is 133 Å². The molecule has 0 fully saturated rings. The number of halogens is 9. The van der Waals surface area contributed by atoms with Crippen molar-refractivity contribution in [3.63, 3.8) is 0 Å². The second-order valence-electron chi connectivity index (χ2n) is 9.87. The Morgan fingerprint density at radius 2 is 0.614 bits per heavy atom. The van der Waals surface area contributed by atoms with Crippen LogP contribution in [-0.4, -0.2) is 0 Å². The molecule has 0 N–H and O–H groups in total. The Kier molecular flexibility index (Phi) is 31.1. The van der Waals surface area contributed by atoms with E-state index in [-0.39, 0.29) is 36.4 Å². The minimum atomic E-state index is -1.75. The number of rotatable bonds is 0. The molecule has 0 aromatic heterocycles. The number of hydrogen-bond donors (Lipinski definition) is 0. The van der Waals surface area contributed by atoms with Gasteiger partial charge in [-0.15, -0.1) is 0 Å². The van der Waals surface area contributed by atoms with E-state index in [0.717, 1.165) is 8.95 Å². The summed E-state index contributed by atoms with van der Waals surface area (Å²) in [5.41, 5.74) is -1.91. The maximum atomic E-state index is 12.3. The Labute approximate surface area is 416 Å². The molecule has 0 heterocycles. The Bertz CT molecular complexity index is 2290. The standard InChI is InChI=1S/C16H4Br2O4.C16H8Br2.4C2H6.CH4.CH3.3ClH.2HI.Ru.V/c17-5-1-7-11-8(2-5)15(21)16(22)10-4-6(18)3-9(12(10)11)14(20)13(7)19;17-13-5-9-1-2-10-6-14(18)8-12-4-3-11(7-13)15(9)16(10)12;4*1-2;;;;;;;;;/h1-4H;1-8H;4*1-2H3;1H4;1H3;5*1H;;/q;;;;;;;-1;;;;;;+3;+2/p-5. The van der Waals surface area contributed by atoms with Crippen LogP contribution in [0.1, 0.15) is 62.8 Å². The summed E-state index contributed by atoms with van der Waals surface area (Å²) in [5, 5.41) is 8.52. The predicted molar refractivity (Wildman–Crippen MR) is 282 cm³/mol. The van der Waals surface area contributed by atoms with Gasteiger partial charge in [0.25, 0.3) is 0 Å². The van der Waals surface area contributed by atoms with Gasteiger partial charge in [-0.25, -0.2) is 0 Å². The third-order valence-corrected chi connectivity index (χ3v) is 9.14. The summed E-state index contributed by atoms with van der Waals surface area (Å²) in [4.78, 5) is 49.3. The fourth-order valence-electron chi connectivity index (χ4n) is 5.72. The molecule has 0 amide bonds. The molecule has 0 aliphatic heterocycles. The first-order valence-electron chi connectivity index (χ1n) is 16.8. The monoisotopic (exact) mass is 1440 g/mol. The zero-order valence-electron chi connectivity index (χ0n) is 31.8. The Morgan fingerprint density at radius 1 is 0.456 bits per heavy atom. The van der Waals surface area contributed by atoms with Gasteiger partial charge in [-0.2, -0.15) is 0 Å². The molecule has 0 unspecified atom stereocenters. The van der Waals surface area contributed by atoms with Gasteiger partial charge in [-0.05, 0) is 80.8 Å². The van der Waals surface area contributed by atoms with E-state index in [0.29, 0.717) is 29.5 Å². The first-order chi connectivity index (χ1) is 26.3. The molecule has 0 bridgehead atoms. The van der Waals surface area contributed by atoms with E-state index in [1.807, 2.05) is 55.4 Å². The SMILES string of the molecule is Brc1cc2ccc3cc(Br)cc4ccc(c1)c2c34.C.CC.CC.CC.CC.O=c1c(=O)c2cc(Br)cc3c2-c2c1cc(Br)cc2c(=O)c3=O.[CH3-].[Cl][Ru]([Cl])[Cl].[I][V][I]. The van der Waals surface area contributed by atoms with Gasteiger partial charge in [-0.1, -0.05) is 151 Å². The Hall–Kier alpha value is 0.498. The first kappa shape index (κ1) is 59.6. The van der Waals surface area contributed by atoms with E-state index in [4.69, 9.17) is 29.1 Å². The van der Waals surface area contributed by atoms with Crippen LogP contribution in [0.4, 0.5) is 0 Å². The summed E-state index contributed by atoms with van der Waals surface area (Å²) in [6.45, 7) is 16.0. The van der Waals surface area contributed by atoms with Crippen LogP contribution in [0.3, 0.4) is 0 Å². The molecule has 4 nitrogen and oxygen atoms in total. The third-order valence-electron chi connectivity index (χ3n) is 7.31. The molecule has 8 rings (SSSR count). The van der Waals surface area contributed by atoms with Gasteiger partial charge in [-0.3, -0.25) is 19.2 Å². The molecule has 6 aromatic carbocycles. The Morgan fingerprint density at radius 3 is 0.789 bits per heavy atom. The average Bonchev–Trinajstić information content (AvgIpc) is 3.17. The molecule has 2 aliphatic rings. The molecular formula is C42H43Br4Cl3I2O4RuV-. The molecule has 57 heavy (non-hydrogen) atoms. The van der Waals surface area contributed by atoms with Gasteiger partial charge in [0.15, 0.2) is 0 Å². The normalized spacial score (nSPS) is 9.81. The van der Waals surface area contributed by atoms with E-state index >= 15 is 0 Å². The van der Waals surface area contributed by atoms with Crippen LogP contribution in [0.2, 0.25) is 0 Å². The summed E-state index contributed by atoms with van der Waals surface area (Å²) in [6.07, 6.45) is 0. The van der Waals surface area contributed by atoms with Crippen LogP contribution in [0.25, 0.3) is 65.0 Å². The van der Waals surface area contributed by atoms with E-state index in [9.17, 15) is 19.2 Å². The van der Waals surface area contributed by atoms with Crippen LogP contribution < -0.4 is 21.7 Å². The second-order valence-corrected chi connectivity index (χ2v) is 33.2. The topological polar surface area (TPSA) is 68.3 Å². The zero-order chi connectivity index (χ0) is 42.3. The molecule has 2 aliphatic carbocycles. The van der Waals surface area contributed by atoms with Gasteiger partial charge in [0.2, 0.25) is 21.7 Å². The van der Waals surface area contributed by atoms with Gasteiger partial charge >= 0.3 is 91.5 Å². The summed E-state index contributed by atoms with van der Waals surface area (Å²) in [5.74, 6) is 0. The molecule has 0 saturated heterocycles. The van der Waals surface area contributed by atoms with Crippen molar-refractivity contribution in [2.24, 2.45) is 0 Å². The fourth-order valence-corrected chi connectivity index (χ4v) is 7.62. The molecule has 0 atom stereocenters. The molecule has 312 valence electrons. The summed E-state index contributed by atoms with van der Waals surface area (Å²) in [7, 11) is 15.5. The average molecular weight is 1440 g/mol. The van der Waals surface area contributed by atoms with E-state index in [1.54, 1.807) is 0 Å². The van der Waals surface area contributed by atoms with Crippen molar-refractivity contribution >= 4 is 187 Å². The van der Waals surface area contributed by atoms with Crippen molar-refractivity contribution in [3.8, 4) is 11.1 Å². The maximum absolute atomic E-state index is 12.3. The molecule has 0 spiro atoms. The van der Waals surface area contributed by atoms with E-state index in [1.165, 1.54) is 56.6 Å². The molecular weight excluding hydrogens is 1400 g/mol. The Balaban J connectivity index is 0. The molecule has 15 heteroatoms. The molecule has 6 aromatic rings. The molecule has 0 radical (unpaired) electrons. The summed E-state index contributed by atoms with van der Waals surface area (Å²) >= 11 is 16.6. The van der Waals surface area contributed by atoms with Crippen LogP contribution in [0.5, 0.6) is 0 Å². The molecule has 0 saturated carbocycles. The fraction of sp³-hybridized carbons (Fsp3) is 0.214. The van der Waals surface area contributed by atoms with Crippen molar-refractivity contribution in [2.75, 3.05) is 0 Å². The van der Waals surface area contributed by atoms with Crippen molar-refractivity contribution in [3.05, 3.63) is 139 Å². The quantitative estimate of drug-likeness (QED) is 0.0499. The van der Waals surface area contributed by atoms with Crippen molar-refractivity contribution in [1.29, 1.82) is 0 Å². The zero-order valence-corrected chi connectivity index (χ0v) is 47.8. The van der Waals surface area contributed by atoms with Gasteiger partial charge in [0.05, 0.1) is 0 Å². The summed E-state index contributed by atoms with van der Waals surface area (Å²) in [6, 6.07) is 23.6. The number of hydrogen-bond acceptors (Lipinski definition) is 4.